The van der Waals surface area contributed by atoms with Gasteiger partial charge in [0.1, 0.15) is 0 Å². The number of aromatic nitrogens is 2. The molecule has 1 saturated heterocycles. The van der Waals surface area contributed by atoms with Crippen molar-refractivity contribution in [3.63, 3.8) is 0 Å². The molecule has 18 heavy (non-hydrogen) atoms. The summed E-state index contributed by atoms with van der Waals surface area (Å²) < 4.78 is 43.4. The van der Waals surface area contributed by atoms with E-state index in [-0.39, 0.29) is 25.2 Å². The maximum absolute atomic E-state index is 12.7. The molecule has 7 heteroatoms. The van der Waals surface area contributed by atoms with Crippen LogP contribution in [0.2, 0.25) is 0 Å². The number of nitrogens with one attached hydrogen (secondary N) is 1. The van der Waals surface area contributed by atoms with E-state index in [4.69, 9.17) is 4.52 Å². The fourth-order valence-electron chi connectivity index (χ4n) is 3.40. The van der Waals surface area contributed by atoms with E-state index in [1.54, 1.807) is 0 Å². The Morgan fingerprint density at radius 1 is 1.22 bits per heavy atom. The van der Waals surface area contributed by atoms with E-state index in [0.29, 0.717) is 11.7 Å². The van der Waals surface area contributed by atoms with Crippen LogP contribution in [0.15, 0.2) is 4.52 Å². The molecule has 1 aliphatic heterocycles. The van der Waals surface area contributed by atoms with Crippen LogP contribution in [0.25, 0.3) is 0 Å². The summed E-state index contributed by atoms with van der Waals surface area (Å²) in [5.74, 6) is 1.30. The van der Waals surface area contributed by atoms with Gasteiger partial charge in [0.15, 0.2) is 5.82 Å². The Hall–Kier alpha value is -1.11. The number of rotatable bonds is 2. The molecular formula is C11H12F3N3O. The predicted molar refractivity (Wildman–Crippen MR) is 53.9 cm³/mol. The molecule has 1 aromatic rings. The van der Waals surface area contributed by atoms with Crippen molar-refractivity contribution in [2.24, 2.45) is 5.41 Å². The third-order valence-corrected chi connectivity index (χ3v) is 4.67. The smallest absolute Gasteiger partial charge is 0.339 e. The zero-order chi connectivity index (χ0) is 12.6. The Kier molecular flexibility index (Phi) is 1.73. The molecule has 3 aliphatic carbocycles. The first-order valence-electron chi connectivity index (χ1n) is 6.06. The maximum atomic E-state index is 12.7. The molecule has 4 nitrogen and oxygen atoms in total. The van der Waals surface area contributed by atoms with E-state index < -0.39 is 17.0 Å². The fraction of sp³-hybridized carbons (Fsp3) is 0.818. The average Bonchev–Trinajstić information content (AvgIpc) is 2.41. The highest BCUT2D eigenvalue weighted by molar-refractivity contribution is 5.31. The second kappa shape index (κ2) is 2.89. The van der Waals surface area contributed by atoms with Crippen LogP contribution in [0.3, 0.4) is 0 Å². The lowest BCUT2D eigenvalue weighted by molar-refractivity contribution is -0.341. The van der Waals surface area contributed by atoms with Crippen molar-refractivity contribution in [2.75, 3.05) is 13.1 Å². The standard InChI is InChI=1S/C11H12F3N3O/c12-11(13,14)10-3-9(4-10,5-10)8-16-7(17-18-8)6-1-15-2-6/h6,15H,1-5H2. The Labute approximate surface area is 101 Å². The molecule has 0 radical (unpaired) electrons. The Balaban J connectivity index is 1.52. The summed E-state index contributed by atoms with van der Waals surface area (Å²) in [6, 6.07) is 0. The summed E-state index contributed by atoms with van der Waals surface area (Å²) >= 11 is 0. The Morgan fingerprint density at radius 3 is 2.39 bits per heavy atom. The van der Waals surface area contributed by atoms with E-state index in [1.165, 1.54) is 0 Å². The lowest BCUT2D eigenvalue weighted by Gasteiger charge is -2.68. The van der Waals surface area contributed by atoms with Crippen molar-refractivity contribution in [1.29, 1.82) is 0 Å². The molecule has 0 amide bonds. The molecule has 0 atom stereocenters. The van der Waals surface area contributed by atoms with Crippen molar-refractivity contribution in [3.05, 3.63) is 11.7 Å². The monoisotopic (exact) mass is 259 g/mol. The molecule has 98 valence electrons. The van der Waals surface area contributed by atoms with Crippen molar-refractivity contribution in [2.45, 2.75) is 36.8 Å². The van der Waals surface area contributed by atoms with Crippen molar-refractivity contribution >= 4 is 0 Å². The van der Waals surface area contributed by atoms with Crippen molar-refractivity contribution in [1.82, 2.24) is 15.5 Å². The number of halogens is 3. The van der Waals surface area contributed by atoms with Gasteiger partial charge in [-0.25, -0.2) is 0 Å². The van der Waals surface area contributed by atoms with Gasteiger partial charge in [0.25, 0.3) is 0 Å². The highest BCUT2D eigenvalue weighted by Crippen LogP contribution is 2.78. The first-order chi connectivity index (χ1) is 8.44. The first-order valence-corrected chi connectivity index (χ1v) is 6.06. The Morgan fingerprint density at radius 2 is 1.89 bits per heavy atom. The van der Waals surface area contributed by atoms with Crippen LogP contribution in [0, 0.1) is 5.41 Å². The molecule has 3 saturated carbocycles. The van der Waals surface area contributed by atoms with Crippen LogP contribution in [-0.4, -0.2) is 29.4 Å². The van der Waals surface area contributed by atoms with Crippen LogP contribution in [-0.2, 0) is 5.41 Å². The van der Waals surface area contributed by atoms with Crippen LogP contribution >= 0.6 is 0 Å². The minimum atomic E-state index is -4.09. The molecule has 1 N–H and O–H groups in total. The summed E-state index contributed by atoms with van der Waals surface area (Å²) in [7, 11) is 0. The van der Waals surface area contributed by atoms with E-state index in [9.17, 15) is 13.2 Å². The summed E-state index contributed by atoms with van der Waals surface area (Å²) in [4.78, 5) is 4.29. The summed E-state index contributed by atoms with van der Waals surface area (Å²) in [6.45, 7) is 1.64. The third kappa shape index (κ3) is 1.11. The van der Waals surface area contributed by atoms with Gasteiger partial charge >= 0.3 is 6.18 Å². The lowest BCUT2D eigenvalue weighted by Crippen LogP contribution is -2.70. The van der Waals surface area contributed by atoms with Gasteiger partial charge in [-0.2, -0.15) is 18.2 Å². The highest BCUT2D eigenvalue weighted by atomic mass is 19.4. The normalized spacial score (nSPS) is 38.8. The molecule has 1 aromatic heterocycles. The van der Waals surface area contributed by atoms with E-state index in [2.05, 4.69) is 15.5 Å². The topological polar surface area (TPSA) is 51.0 Å². The second-order valence-corrected chi connectivity index (χ2v) is 5.90. The summed E-state index contributed by atoms with van der Waals surface area (Å²) in [6.07, 6.45) is -3.73. The molecule has 2 bridgehead atoms. The fourth-order valence-corrected chi connectivity index (χ4v) is 3.40. The van der Waals surface area contributed by atoms with Crippen LogP contribution in [0.5, 0.6) is 0 Å². The van der Waals surface area contributed by atoms with Gasteiger partial charge in [0, 0.05) is 19.0 Å². The average molecular weight is 259 g/mol. The zero-order valence-electron chi connectivity index (χ0n) is 9.55. The van der Waals surface area contributed by atoms with Crippen LogP contribution in [0.4, 0.5) is 13.2 Å². The molecule has 0 spiro atoms. The largest absolute Gasteiger partial charge is 0.394 e. The van der Waals surface area contributed by atoms with Gasteiger partial charge in [0.2, 0.25) is 5.89 Å². The minimum Gasteiger partial charge on any atom is -0.339 e. The molecule has 0 unspecified atom stereocenters. The molecule has 5 rings (SSSR count). The van der Waals surface area contributed by atoms with Gasteiger partial charge < -0.3 is 9.84 Å². The van der Waals surface area contributed by atoms with E-state index in [0.717, 1.165) is 13.1 Å². The van der Waals surface area contributed by atoms with E-state index in [1.807, 2.05) is 0 Å². The maximum Gasteiger partial charge on any atom is 0.394 e. The molecular weight excluding hydrogens is 247 g/mol. The lowest BCUT2D eigenvalue weighted by atomic mass is 9.34. The zero-order valence-corrected chi connectivity index (χ0v) is 9.55. The van der Waals surface area contributed by atoms with Crippen LogP contribution in [0.1, 0.15) is 36.9 Å². The quantitative estimate of drug-likeness (QED) is 0.879. The minimum absolute atomic E-state index is 0.119. The van der Waals surface area contributed by atoms with Gasteiger partial charge in [-0.05, 0) is 19.3 Å². The van der Waals surface area contributed by atoms with Gasteiger partial charge in [-0.3, -0.25) is 0 Å². The molecule has 4 aliphatic rings. The number of hydrogen-bond donors (Lipinski definition) is 1. The second-order valence-electron chi connectivity index (χ2n) is 5.90. The number of hydrogen-bond acceptors (Lipinski definition) is 4. The van der Waals surface area contributed by atoms with E-state index >= 15 is 0 Å². The molecule has 2 heterocycles. The van der Waals surface area contributed by atoms with Crippen LogP contribution < -0.4 is 5.32 Å². The van der Waals surface area contributed by atoms with Crippen molar-refractivity contribution in [3.8, 4) is 0 Å². The van der Waals surface area contributed by atoms with Gasteiger partial charge in [-0.15, -0.1) is 0 Å². The molecule has 4 fully saturated rings. The number of nitrogens with zero attached hydrogens (tertiary/aromatic N) is 2. The Bertz CT molecular complexity index is 486. The molecule has 0 aromatic carbocycles. The highest BCUT2D eigenvalue weighted by Gasteiger charge is 2.80. The van der Waals surface area contributed by atoms with Gasteiger partial charge in [0.05, 0.1) is 10.8 Å². The third-order valence-electron chi connectivity index (χ3n) is 4.67. The van der Waals surface area contributed by atoms with Gasteiger partial charge in [-0.1, -0.05) is 5.16 Å². The SMILES string of the molecule is FC(F)(F)C12CC(c3nc(C4CNC4)no3)(C1)C2. The summed E-state index contributed by atoms with van der Waals surface area (Å²) in [5.41, 5.74) is -1.93. The van der Waals surface area contributed by atoms with Crippen molar-refractivity contribution < 1.29 is 17.7 Å². The first kappa shape index (κ1) is 10.8. The summed E-state index contributed by atoms with van der Waals surface area (Å²) in [5, 5.41) is 6.99. The predicted octanol–water partition coefficient (Wildman–Crippen LogP) is 1.74. The number of alkyl halides is 3.